The molecule has 116 valence electrons. The van der Waals surface area contributed by atoms with E-state index in [9.17, 15) is 4.79 Å². The van der Waals surface area contributed by atoms with E-state index < -0.39 is 0 Å². The molecule has 1 saturated carbocycles. The Morgan fingerprint density at radius 3 is 2.50 bits per heavy atom. The maximum Gasteiger partial charge on any atom is 0.278 e. The number of nitrogens with one attached hydrogen (secondary N) is 1. The molecule has 4 nitrogen and oxygen atoms in total. The van der Waals surface area contributed by atoms with Crippen LogP contribution in [0.25, 0.3) is 0 Å². The third-order valence-electron chi connectivity index (χ3n) is 3.92. The van der Waals surface area contributed by atoms with Gasteiger partial charge in [-0.3, -0.25) is 4.79 Å². The number of hydrogen-bond donors (Lipinski definition) is 1. The van der Waals surface area contributed by atoms with Gasteiger partial charge in [0.15, 0.2) is 0 Å². The van der Waals surface area contributed by atoms with Crippen LogP contribution in [0.2, 0.25) is 0 Å². The summed E-state index contributed by atoms with van der Waals surface area (Å²) in [5, 5.41) is 5.62. The van der Waals surface area contributed by atoms with Crippen molar-refractivity contribution < 1.29 is 9.53 Å². The monoisotopic (exact) mass is 316 g/mol. The second-order valence-corrected chi connectivity index (χ2v) is 6.44. The van der Waals surface area contributed by atoms with Gasteiger partial charge in [-0.05, 0) is 37.1 Å². The smallest absolute Gasteiger partial charge is 0.278 e. The predicted molar refractivity (Wildman–Crippen MR) is 87.6 cm³/mol. The van der Waals surface area contributed by atoms with Crippen molar-refractivity contribution in [2.45, 2.75) is 44.6 Å². The molecule has 3 rings (SSSR count). The molecule has 1 heterocycles. The summed E-state index contributed by atoms with van der Waals surface area (Å²) >= 11 is 1.44. The van der Waals surface area contributed by atoms with Crippen LogP contribution in [-0.4, -0.2) is 16.9 Å². The number of amides is 1. The van der Waals surface area contributed by atoms with Gasteiger partial charge in [-0.15, -0.1) is 0 Å². The van der Waals surface area contributed by atoms with Crippen molar-refractivity contribution in [2.75, 3.05) is 0 Å². The number of rotatable bonds is 4. The van der Waals surface area contributed by atoms with E-state index in [1.54, 1.807) is 18.3 Å². The number of nitrogens with zero attached hydrogens (tertiary/aromatic N) is 1. The SMILES string of the molecule is O=C(NC1CCCCCC1)c1ccc(Oc2nccs2)cc1. The maximum atomic E-state index is 12.3. The van der Waals surface area contributed by atoms with E-state index in [2.05, 4.69) is 10.3 Å². The first-order valence-corrected chi connectivity index (χ1v) is 8.67. The lowest BCUT2D eigenvalue weighted by atomic mass is 10.1. The zero-order valence-corrected chi connectivity index (χ0v) is 13.3. The van der Waals surface area contributed by atoms with Crippen LogP contribution in [0.4, 0.5) is 0 Å². The average molecular weight is 316 g/mol. The lowest BCUT2D eigenvalue weighted by molar-refractivity contribution is 0.0933. The molecule has 1 fully saturated rings. The van der Waals surface area contributed by atoms with Gasteiger partial charge in [0, 0.05) is 23.2 Å². The molecule has 1 amide bonds. The molecule has 0 atom stereocenters. The van der Waals surface area contributed by atoms with Gasteiger partial charge in [-0.1, -0.05) is 37.0 Å². The molecule has 1 N–H and O–H groups in total. The largest absolute Gasteiger partial charge is 0.431 e. The molecule has 0 spiro atoms. The summed E-state index contributed by atoms with van der Waals surface area (Å²) in [5.41, 5.74) is 0.677. The van der Waals surface area contributed by atoms with Gasteiger partial charge in [0.1, 0.15) is 5.75 Å². The Morgan fingerprint density at radius 1 is 1.14 bits per heavy atom. The van der Waals surface area contributed by atoms with Crippen molar-refractivity contribution in [3.63, 3.8) is 0 Å². The lowest BCUT2D eigenvalue weighted by Crippen LogP contribution is -2.34. The van der Waals surface area contributed by atoms with E-state index in [1.165, 1.54) is 37.0 Å². The Bertz CT molecular complexity index is 588. The van der Waals surface area contributed by atoms with E-state index in [1.807, 2.05) is 17.5 Å². The molecule has 0 bridgehead atoms. The first-order chi connectivity index (χ1) is 10.8. The predicted octanol–water partition coefficient (Wildman–Crippen LogP) is 4.39. The zero-order valence-electron chi connectivity index (χ0n) is 12.5. The minimum atomic E-state index is 0.00713. The molecule has 1 aromatic heterocycles. The summed E-state index contributed by atoms with van der Waals surface area (Å²) in [6.45, 7) is 0. The highest BCUT2D eigenvalue weighted by molar-refractivity contribution is 7.11. The highest BCUT2D eigenvalue weighted by atomic mass is 32.1. The molecule has 0 unspecified atom stereocenters. The Balaban J connectivity index is 1.58. The van der Waals surface area contributed by atoms with Crippen molar-refractivity contribution in [3.8, 4) is 10.9 Å². The number of aromatic nitrogens is 1. The summed E-state index contributed by atoms with van der Waals surface area (Å²) in [6.07, 6.45) is 8.89. The fourth-order valence-corrected chi connectivity index (χ4v) is 3.23. The second kappa shape index (κ2) is 7.40. The summed E-state index contributed by atoms with van der Waals surface area (Å²) in [4.78, 5) is 16.4. The molecule has 22 heavy (non-hydrogen) atoms. The minimum absolute atomic E-state index is 0.00713. The van der Waals surface area contributed by atoms with Crippen LogP contribution in [0.15, 0.2) is 35.8 Å². The number of thiazole rings is 1. The van der Waals surface area contributed by atoms with Gasteiger partial charge >= 0.3 is 0 Å². The van der Waals surface area contributed by atoms with Crippen LogP contribution in [0.5, 0.6) is 10.9 Å². The van der Waals surface area contributed by atoms with Gasteiger partial charge < -0.3 is 10.1 Å². The van der Waals surface area contributed by atoms with Gasteiger partial charge in [0.2, 0.25) is 0 Å². The van der Waals surface area contributed by atoms with Crippen LogP contribution in [0.1, 0.15) is 48.9 Å². The third kappa shape index (κ3) is 4.07. The first-order valence-electron chi connectivity index (χ1n) is 7.79. The standard InChI is InChI=1S/C17H20N2O2S/c20-16(19-14-5-3-1-2-4-6-14)13-7-9-15(10-8-13)21-17-18-11-12-22-17/h7-12,14H,1-6H2,(H,19,20). The molecule has 0 radical (unpaired) electrons. The number of carbonyl (C=O) groups is 1. The molecule has 1 aromatic carbocycles. The lowest BCUT2D eigenvalue weighted by Gasteiger charge is -2.16. The number of ether oxygens (including phenoxy) is 1. The van der Waals surface area contributed by atoms with Crippen LogP contribution in [0, 0.1) is 0 Å². The average Bonchev–Trinajstić information content (AvgIpc) is 2.91. The van der Waals surface area contributed by atoms with Crippen molar-refractivity contribution in [1.82, 2.24) is 10.3 Å². The van der Waals surface area contributed by atoms with Crippen LogP contribution >= 0.6 is 11.3 Å². The summed E-state index contributed by atoms with van der Waals surface area (Å²) in [5.74, 6) is 0.702. The summed E-state index contributed by atoms with van der Waals surface area (Å²) < 4.78 is 5.60. The summed E-state index contributed by atoms with van der Waals surface area (Å²) in [7, 11) is 0. The van der Waals surface area contributed by atoms with Crippen LogP contribution in [-0.2, 0) is 0 Å². The van der Waals surface area contributed by atoms with Crippen molar-refractivity contribution >= 4 is 17.2 Å². The Hall–Kier alpha value is -1.88. The molecule has 2 aromatic rings. The number of hydrogen-bond acceptors (Lipinski definition) is 4. The fraction of sp³-hybridized carbons (Fsp3) is 0.412. The van der Waals surface area contributed by atoms with E-state index in [4.69, 9.17) is 4.74 Å². The van der Waals surface area contributed by atoms with Gasteiger partial charge in [-0.2, -0.15) is 0 Å². The van der Waals surface area contributed by atoms with Gasteiger partial charge in [0.25, 0.3) is 11.1 Å². The normalized spacial score (nSPS) is 16.0. The molecule has 1 aliphatic rings. The van der Waals surface area contributed by atoms with Crippen molar-refractivity contribution in [1.29, 1.82) is 0 Å². The van der Waals surface area contributed by atoms with Crippen molar-refractivity contribution in [3.05, 3.63) is 41.4 Å². The van der Waals surface area contributed by atoms with E-state index in [0.717, 1.165) is 12.8 Å². The number of carbonyl (C=O) groups excluding carboxylic acids is 1. The quantitative estimate of drug-likeness (QED) is 0.851. The van der Waals surface area contributed by atoms with Crippen LogP contribution in [0.3, 0.4) is 0 Å². The first kappa shape index (κ1) is 15.0. The number of benzene rings is 1. The van der Waals surface area contributed by atoms with E-state index >= 15 is 0 Å². The van der Waals surface area contributed by atoms with Crippen LogP contribution < -0.4 is 10.1 Å². The highest BCUT2D eigenvalue weighted by Crippen LogP contribution is 2.23. The topological polar surface area (TPSA) is 51.2 Å². The summed E-state index contributed by atoms with van der Waals surface area (Å²) in [6, 6.07) is 7.54. The minimum Gasteiger partial charge on any atom is -0.431 e. The van der Waals surface area contributed by atoms with Gasteiger partial charge in [0.05, 0.1) is 0 Å². The fourth-order valence-electron chi connectivity index (χ4n) is 2.73. The molecule has 5 heteroatoms. The Kier molecular flexibility index (Phi) is 5.06. The van der Waals surface area contributed by atoms with Crippen molar-refractivity contribution in [2.24, 2.45) is 0 Å². The molecular weight excluding hydrogens is 296 g/mol. The maximum absolute atomic E-state index is 12.3. The van der Waals surface area contributed by atoms with E-state index in [-0.39, 0.29) is 5.91 Å². The Morgan fingerprint density at radius 2 is 1.86 bits per heavy atom. The molecule has 0 saturated heterocycles. The van der Waals surface area contributed by atoms with Gasteiger partial charge in [-0.25, -0.2) is 4.98 Å². The zero-order chi connectivity index (χ0) is 15.2. The Labute approximate surface area is 134 Å². The third-order valence-corrected chi connectivity index (χ3v) is 4.57. The molecular formula is C17H20N2O2S. The molecule has 0 aliphatic heterocycles. The molecule has 1 aliphatic carbocycles. The van der Waals surface area contributed by atoms with E-state index in [0.29, 0.717) is 22.5 Å². The highest BCUT2D eigenvalue weighted by Gasteiger charge is 2.15. The second-order valence-electron chi connectivity index (χ2n) is 5.59.